The number of alkyl halides is 3. The molecule has 2 saturated heterocycles. The molecular weight excluding hydrogens is 347 g/mol. The van der Waals surface area contributed by atoms with Gasteiger partial charge in [0.1, 0.15) is 5.82 Å². The Hall–Kier alpha value is -2.03. The summed E-state index contributed by atoms with van der Waals surface area (Å²) in [5.41, 5.74) is -0.530. The first kappa shape index (κ1) is 18.8. The average Bonchev–Trinajstić information content (AvgIpc) is 3.25. The molecule has 1 atom stereocenters. The summed E-state index contributed by atoms with van der Waals surface area (Å²) in [4.78, 5) is 10.3. The number of rotatable bonds is 4. The van der Waals surface area contributed by atoms with Crippen LogP contribution in [-0.2, 0) is 10.9 Å². The Labute approximate surface area is 150 Å². The first-order valence-corrected chi connectivity index (χ1v) is 8.73. The minimum absolute atomic E-state index is 0.153. The number of nitrogens with zero attached hydrogens (tertiary/aromatic N) is 3. The van der Waals surface area contributed by atoms with E-state index in [1.165, 1.54) is 12.3 Å². The molecule has 3 heterocycles. The van der Waals surface area contributed by atoms with Crippen molar-refractivity contribution in [2.24, 2.45) is 10.4 Å². The molecule has 0 aromatic carbocycles. The van der Waals surface area contributed by atoms with E-state index in [-0.39, 0.29) is 11.2 Å². The molecule has 1 aromatic rings. The molecule has 0 aliphatic carbocycles. The molecule has 1 aromatic heterocycles. The van der Waals surface area contributed by atoms with Gasteiger partial charge in [0.2, 0.25) is 0 Å². The van der Waals surface area contributed by atoms with Crippen LogP contribution < -0.4 is 10.6 Å². The van der Waals surface area contributed by atoms with Gasteiger partial charge in [-0.25, -0.2) is 4.98 Å². The van der Waals surface area contributed by atoms with Crippen LogP contribution >= 0.6 is 0 Å². The highest BCUT2D eigenvalue weighted by atomic mass is 19.4. The maximum absolute atomic E-state index is 13.0. The largest absolute Gasteiger partial charge is 0.419 e. The Kier molecular flexibility index (Phi) is 5.55. The minimum atomic E-state index is -4.42. The molecule has 0 bridgehead atoms. The highest BCUT2D eigenvalue weighted by Gasteiger charge is 2.42. The zero-order chi connectivity index (χ0) is 18.6. The zero-order valence-electron chi connectivity index (χ0n) is 14.8. The highest BCUT2D eigenvalue weighted by molar-refractivity contribution is 5.80. The van der Waals surface area contributed by atoms with Crippen molar-refractivity contribution in [1.82, 2.24) is 15.2 Å². The number of likely N-dealkylation sites (tertiary alicyclic amines) is 1. The SMILES string of the molecule is CN=C(NCCNc1ncccc1C(F)(F)F)N1CCC2(CCOC2)C1. The van der Waals surface area contributed by atoms with Crippen LogP contribution in [-0.4, -0.2) is 62.3 Å². The van der Waals surface area contributed by atoms with Crippen molar-refractivity contribution in [3.8, 4) is 0 Å². The molecule has 0 saturated carbocycles. The van der Waals surface area contributed by atoms with Crippen LogP contribution in [0.4, 0.5) is 19.0 Å². The van der Waals surface area contributed by atoms with Crippen molar-refractivity contribution >= 4 is 11.8 Å². The summed E-state index contributed by atoms with van der Waals surface area (Å²) in [6, 6.07) is 2.30. The number of aromatic nitrogens is 1. The van der Waals surface area contributed by atoms with E-state index in [1.807, 2.05) is 0 Å². The molecule has 2 aliphatic heterocycles. The van der Waals surface area contributed by atoms with E-state index in [9.17, 15) is 13.2 Å². The standard InChI is InChI=1S/C17H24F3N5O/c1-21-15(25-9-4-16(11-25)5-10-26-12-16)24-8-7-23-14-13(17(18,19)20)3-2-6-22-14/h2-3,6H,4-5,7-12H2,1H3,(H,21,24)(H,22,23). The molecule has 9 heteroatoms. The van der Waals surface area contributed by atoms with Crippen LogP contribution in [0.1, 0.15) is 18.4 Å². The van der Waals surface area contributed by atoms with Crippen molar-refractivity contribution in [3.63, 3.8) is 0 Å². The van der Waals surface area contributed by atoms with E-state index in [2.05, 4.69) is 25.5 Å². The molecule has 0 amide bonds. The van der Waals surface area contributed by atoms with Gasteiger partial charge in [-0.3, -0.25) is 4.99 Å². The Morgan fingerprint density at radius 3 is 2.92 bits per heavy atom. The van der Waals surface area contributed by atoms with E-state index in [0.717, 1.165) is 51.2 Å². The third-order valence-corrected chi connectivity index (χ3v) is 4.95. The molecule has 26 heavy (non-hydrogen) atoms. The third kappa shape index (κ3) is 4.20. The number of nitrogens with one attached hydrogen (secondary N) is 2. The Morgan fingerprint density at radius 2 is 2.23 bits per heavy atom. The monoisotopic (exact) mass is 371 g/mol. The van der Waals surface area contributed by atoms with Crippen molar-refractivity contribution in [2.75, 3.05) is 51.8 Å². The molecule has 2 fully saturated rings. The van der Waals surface area contributed by atoms with Crippen LogP contribution in [0.5, 0.6) is 0 Å². The molecule has 0 radical (unpaired) electrons. The Balaban J connectivity index is 1.49. The summed E-state index contributed by atoms with van der Waals surface area (Å²) in [5, 5.41) is 5.96. The van der Waals surface area contributed by atoms with Crippen LogP contribution in [0, 0.1) is 5.41 Å². The molecular formula is C17H24F3N5O. The highest BCUT2D eigenvalue weighted by Crippen LogP contribution is 2.38. The molecule has 1 unspecified atom stereocenters. The number of hydrogen-bond acceptors (Lipinski definition) is 4. The molecule has 6 nitrogen and oxygen atoms in total. The maximum atomic E-state index is 13.0. The van der Waals surface area contributed by atoms with Crippen molar-refractivity contribution < 1.29 is 17.9 Å². The van der Waals surface area contributed by atoms with E-state index in [4.69, 9.17) is 4.74 Å². The van der Waals surface area contributed by atoms with Crippen LogP contribution in [0.15, 0.2) is 23.3 Å². The van der Waals surface area contributed by atoms with Gasteiger partial charge < -0.3 is 20.3 Å². The van der Waals surface area contributed by atoms with Crippen molar-refractivity contribution in [3.05, 3.63) is 23.9 Å². The van der Waals surface area contributed by atoms with Gasteiger partial charge in [0.25, 0.3) is 0 Å². The molecule has 144 valence electrons. The molecule has 3 rings (SSSR count). The van der Waals surface area contributed by atoms with E-state index >= 15 is 0 Å². The number of hydrogen-bond donors (Lipinski definition) is 2. The Bertz CT molecular complexity index is 644. The lowest BCUT2D eigenvalue weighted by Gasteiger charge is -2.25. The summed E-state index contributed by atoms with van der Waals surface area (Å²) in [5.74, 6) is 0.618. The lowest BCUT2D eigenvalue weighted by Crippen LogP contribution is -2.43. The lowest BCUT2D eigenvalue weighted by molar-refractivity contribution is -0.137. The predicted molar refractivity (Wildman–Crippen MR) is 93.1 cm³/mol. The van der Waals surface area contributed by atoms with Gasteiger partial charge in [-0.15, -0.1) is 0 Å². The average molecular weight is 371 g/mol. The number of ether oxygens (including phenoxy) is 1. The first-order chi connectivity index (χ1) is 12.4. The molecule has 2 N–H and O–H groups in total. The van der Waals surface area contributed by atoms with E-state index in [0.29, 0.717) is 13.1 Å². The predicted octanol–water partition coefficient (Wildman–Crippen LogP) is 2.20. The second kappa shape index (κ2) is 7.69. The molecule has 2 aliphatic rings. The second-order valence-electron chi connectivity index (χ2n) is 6.77. The van der Waals surface area contributed by atoms with Gasteiger partial charge in [0.05, 0.1) is 12.2 Å². The van der Waals surface area contributed by atoms with Gasteiger partial charge in [-0.2, -0.15) is 13.2 Å². The van der Waals surface area contributed by atoms with Gasteiger partial charge in [0.15, 0.2) is 5.96 Å². The summed E-state index contributed by atoms with van der Waals surface area (Å²) < 4.78 is 44.4. The normalized spacial score (nSPS) is 23.7. The first-order valence-electron chi connectivity index (χ1n) is 8.73. The molecule has 1 spiro atoms. The quantitative estimate of drug-likeness (QED) is 0.483. The van der Waals surface area contributed by atoms with Crippen LogP contribution in [0.2, 0.25) is 0 Å². The Morgan fingerprint density at radius 1 is 1.38 bits per heavy atom. The number of halogens is 3. The topological polar surface area (TPSA) is 61.8 Å². The van der Waals surface area contributed by atoms with Gasteiger partial charge in [-0.05, 0) is 25.0 Å². The number of aliphatic imine (C=N–C) groups is 1. The lowest BCUT2D eigenvalue weighted by atomic mass is 9.87. The smallest absolute Gasteiger partial charge is 0.381 e. The second-order valence-corrected chi connectivity index (χ2v) is 6.77. The summed E-state index contributed by atoms with van der Waals surface area (Å²) in [6.07, 6.45) is -0.929. The van der Waals surface area contributed by atoms with Crippen LogP contribution in [0.3, 0.4) is 0 Å². The fourth-order valence-electron chi connectivity index (χ4n) is 3.55. The van der Waals surface area contributed by atoms with E-state index < -0.39 is 11.7 Å². The van der Waals surface area contributed by atoms with Crippen molar-refractivity contribution in [2.45, 2.75) is 19.0 Å². The van der Waals surface area contributed by atoms with E-state index in [1.54, 1.807) is 7.05 Å². The van der Waals surface area contributed by atoms with Crippen molar-refractivity contribution in [1.29, 1.82) is 0 Å². The summed E-state index contributed by atoms with van der Waals surface area (Å²) in [7, 11) is 1.71. The summed E-state index contributed by atoms with van der Waals surface area (Å²) >= 11 is 0. The fourth-order valence-corrected chi connectivity index (χ4v) is 3.55. The van der Waals surface area contributed by atoms with Crippen LogP contribution in [0.25, 0.3) is 0 Å². The van der Waals surface area contributed by atoms with Gasteiger partial charge in [0, 0.05) is 51.4 Å². The van der Waals surface area contributed by atoms with Gasteiger partial charge >= 0.3 is 6.18 Å². The minimum Gasteiger partial charge on any atom is -0.381 e. The number of anilines is 1. The van der Waals surface area contributed by atoms with Gasteiger partial charge in [-0.1, -0.05) is 0 Å². The summed E-state index contributed by atoms with van der Waals surface area (Å²) in [6.45, 7) is 4.17. The fraction of sp³-hybridized carbons (Fsp3) is 0.647. The number of pyridine rings is 1. The third-order valence-electron chi connectivity index (χ3n) is 4.95. The maximum Gasteiger partial charge on any atom is 0.419 e. The number of guanidine groups is 1. The zero-order valence-corrected chi connectivity index (χ0v) is 14.8.